The summed E-state index contributed by atoms with van der Waals surface area (Å²) in [5.41, 5.74) is 2.80. The van der Waals surface area contributed by atoms with Gasteiger partial charge in [0.25, 0.3) is 0 Å². The lowest BCUT2D eigenvalue weighted by Gasteiger charge is -2.19. The van der Waals surface area contributed by atoms with Gasteiger partial charge in [0, 0.05) is 31.5 Å². The number of rotatable bonds is 6. The van der Waals surface area contributed by atoms with Crippen LogP contribution >= 0.6 is 0 Å². The lowest BCUT2D eigenvalue weighted by molar-refractivity contribution is 0.0523. The van der Waals surface area contributed by atoms with Gasteiger partial charge >= 0.3 is 6.09 Å². The van der Waals surface area contributed by atoms with Crippen molar-refractivity contribution in [3.05, 3.63) is 53.6 Å². The van der Waals surface area contributed by atoms with E-state index in [0.29, 0.717) is 6.54 Å². The first kappa shape index (κ1) is 17.0. The van der Waals surface area contributed by atoms with Gasteiger partial charge in [-0.15, -0.1) is 0 Å². The van der Waals surface area contributed by atoms with Gasteiger partial charge in [-0.25, -0.2) is 9.78 Å². The van der Waals surface area contributed by atoms with Gasteiger partial charge < -0.3 is 20.4 Å². The van der Waals surface area contributed by atoms with Crippen LogP contribution < -0.4 is 10.6 Å². The quantitative estimate of drug-likeness (QED) is 0.765. The molecular formula is C17H24N4O2. The standard InChI is InChI=1S/C17H24N4O2/c1-17(2,3)23-16(22)20-9-14-6-4-13(5-7-14)8-18-10-15-11-19-12-21-15/h4-7,11-12,18H,8-10H2,1-3H3,(H,19,21)(H,20,22). The molecule has 0 fully saturated rings. The molecule has 1 aromatic heterocycles. The molecule has 23 heavy (non-hydrogen) atoms. The Bertz CT molecular complexity index is 601. The predicted molar refractivity (Wildman–Crippen MR) is 88.6 cm³/mol. The third kappa shape index (κ3) is 6.52. The summed E-state index contributed by atoms with van der Waals surface area (Å²) in [7, 11) is 0. The monoisotopic (exact) mass is 316 g/mol. The van der Waals surface area contributed by atoms with Crippen molar-refractivity contribution in [1.82, 2.24) is 20.6 Å². The van der Waals surface area contributed by atoms with Crippen LogP contribution in [0.5, 0.6) is 0 Å². The molecule has 0 aliphatic carbocycles. The van der Waals surface area contributed by atoms with Crippen LogP contribution in [0.2, 0.25) is 0 Å². The highest BCUT2D eigenvalue weighted by atomic mass is 16.6. The number of H-pyrrole nitrogens is 1. The van der Waals surface area contributed by atoms with Crippen LogP contribution in [0.3, 0.4) is 0 Å². The Balaban J connectivity index is 1.72. The average Bonchev–Trinajstić information content (AvgIpc) is 2.98. The van der Waals surface area contributed by atoms with Gasteiger partial charge in [-0.3, -0.25) is 0 Å². The number of carbonyl (C=O) groups is 1. The fraction of sp³-hybridized carbons (Fsp3) is 0.412. The summed E-state index contributed by atoms with van der Waals surface area (Å²) in [5, 5.41) is 6.09. The van der Waals surface area contributed by atoms with Crippen LogP contribution in [0.15, 0.2) is 36.8 Å². The molecule has 0 unspecified atom stereocenters. The zero-order valence-electron chi connectivity index (χ0n) is 13.8. The molecule has 2 aromatic rings. The Morgan fingerprint density at radius 2 is 1.78 bits per heavy atom. The molecular weight excluding hydrogens is 292 g/mol. The normalized spacial score (nSPS) is 11.3. The van der Waals surface area contributed by atoms with Crippen molar-refractivity contribution in [2.75, 3.05) is 0 Å². The SMILES string of the molecule is CC(C)(C)OC(=O)NCc1ccc(CNCc2cnc[nH]2)cc1. The van der Waals surface area contributed by atoms with Gasteiger partial charge in [0.05, 0.1) is 6.33 Å². The van der Waals surface area contributed by atoms with Crippen LogP contribution in [-0.2, 0) is 24.4 Å². The van der Waals surface area contributed by atoms with Crippen molar-refractivity contribution in [2.24, 2.45) is 0 Å². The van der Waals surface area contributed by atoms with Crippen molar-refractivity contribution in [1.29, 1.82) is 0 Å². The second-order valence-electron chi connectivity index (χ2n) is 6.35. The summed E-state index contributed by atoms with van der Waals surface area (Å²) in [6.07, 6.45) is 3.07. The second-order valence-corrected chi connectivity index (χ2v) is 6.35. The molecule has 124 valence electrons. The minimum absolute atomic E-state index is 0.400. The number of aromatic amines is 1. The van der Waals surface area contributed by atoms with E-state index >= 15 is 0 Å². The van der Waals surface area contributed by atoms with E-state index in [1.165, 1.54) is 5.56 Å². The molecule has 0 aliphatic heterocycles. The van der Waals surface area contributed by atoms with Crippen molar-refractivity contribution in [3.63, 3.8) is 0 Å². The van der Waals surface area contributed by atoms with Crippen molar-refractivity contribution in [2.45, 2.75) is 46.0 Å². The summed E-state index contributed by atoms with van der Waals surface area (Å²) >= 11 is 0. The largest absolute Gasteiger partial charge is 0.444 e. The lowest BCUT2D eigenvalue weighted by atomic mass is 10.1. The molecule has 0 radical (unpaired) electrons. The highest BCUT2D eigenvalue weighted by molar-refractivity contribution is 5.67. The molecule has 1 aromatic carbocycles. The molecule has 6 heteroatoms. The number of benzene rings is 1. The Labute approximate surface area is 136 Å². The van der Waals surface area contributed by atoms with E-state index in [2.05, 4.69) is 20.6 Å². The number of nitrogens with one attached hydrogen (secondary N) is 3. The molecule has 3 N–H and O–H groups in total. The number of ether oxygens (including phenoxy) is 1. The van der Waals surface area contributed by atoms with Crippen LogP contribution in [0, 0.1) is 0 Å². The van der Waals surface area contributed by atoms with E-state index < -0.39 is 11.7 Å². The van der Waals surface area contributed by atoms with Crippen molar-refractivity contribution >= 4 is 6.09 Å². The van der Waals surface area contributed by atoms with Gasteiger partial charge in [0.2, 0.25) is 0 Å². The molecule has 0 aliphatic rings. The fourth-order valence-corrected chi connectivity index (χ4v) is 1.99. The number of hydrogen-bond acceptors (Lipinski definition) is 4. The molecule has 2 rings (SSSR count). The van der Waals surface area contributed by atoms with Gasteiger partial charge in [0.1, 0.15) is 5.60 Å². The number of hydrogen-bond donors (Lipinski definition) is 3. The van der Waals surface area contributed by atoms with Crippen LogP contribution in [0.1, 0.15) is 37.6 Å². The average molecular weight is 316 g/mol. The number of amides is 1. The molecule has 1 amide bonds. The predicted octanol–water partition coefficient (Wildman–Crippen LogP) is 2.72. The number of nitrogens with zero attached hydrogens (tertiary/aromatic N) is 1. The van der Waals surface area contributed by atoms with Crippen molar-refractivity contribution in [3.8, 4) is 0 Å². The third-order valence-corrected chi connectivity index (χ3v) is 3.06. The van der Waals surface area contributed by atoms with Crippen LogP contribution in [-0.4, -0.2) is 21.7 Å². The van der Waals surface area contributed by atoms with Gasteiger partial charge in [-0.1, -0.05) is 24.3 Å². The molecule has 1 heterocycles. The zero-order chi connectivity index (χ0) is 16.7. The summed E-state index contributed by atoms with van der Waals surface area (Å²) in [6.45, 7) is 7.52. The van der Waals surface area contributed by atoms with E-state index in [1.807, 2.05) is 45.0 Å². The summed E-state index contributed by atoms with van der Waals surface area (Å²) in [4.78, 5) is 18.6. The smallest absolute Gasteiger partial charge is 0.407 e. The first-order valence-electron chi connectivity index (χ1n) is 7.65. The first-order valence-corrected chi connectivity index (χ1v) is 7.65. The van der Waals surface area contributed by atoms with E-state index in [1.54, 1.807) is 12.5 Å². The molecule has 0 saturated heterocycles. The molecule has 6 nitrogen and oxygen atoms in total. The maximum atomic E-state index is 11.6. The second kappa shape index (κ2) is 7.78. The molecule has 0 spiro atoms. The number of carbonyl (C=O) groups excluding carboxylic acids is 1. The van der Waals surface area contributed by atoms with Gasteiger partial charge in [0.15, 0.2) is 0 Å². The van der Waals surface area contributed by atoms with E-state index in [-0.39, 0.29) is 0 Å². The lowest BCUT2D eigenvalue weighted by Crippen LogP contribution is -2.32. The topological polar surface area (TPSA) is 79.0 Å². The number of alkyl carbamates (subject to hydrolysis) is 1. The van der Waals surface area contributed by atoms with E-state index in [0.717, 1.165) is 24.3 Å². The Morgan fingerprint density at radius 1 is 1.13 bits per heavy atom. The Kier molecular flexibility index (Phi) is 5.76. The number of aromatic nitrogens is 2. The minimum atomic E-state index is -0.478. The van der Waals surface area contributed by atoms with E-state index in [9.17, 15) is 4.79 Å². The number of imidazole rings is 1. The fourth-order valence-electron chi connectivity index (χ4n) is 1.99. The van der Waals surface area contributed by atoms with Crippen LogP contribution in [0.25, 0.3) is 0 Å². The third-order valence-electron chi connectivity index (χ3n) is 3.06. The van der Waals surface area contributed by atoms with Gasteiger partial charge in [-0.05, 0) is 31.9 Å². The maximum Gasteiger partial charge on any atom is 0.407 e. The highest BCUT2D eigenvalue weighted by Gasteiger charge is 2.15. The zero-order valence-corrected chi connectivity index (χ0v) is 13.8. The summed E-state index contributed by atoms with van der Waals surface area (Å²) in [6, 6.07) is 8.10. The van der Waals surface area contributed by atoms with Crippen LogP contribution in [0.4, 0.5) is 4.79 Å². The molecule has 0 saturated carbocycles. The molecule has 0 bridgehead atoms. The summed E-state index contributed by atoms with van der Waals surface area (Å²) in [5.74, 6) is 0. The van der Waals surface area contributed by atoms with Crippen molar-refractivity contribution < 1.29 is 9.53 Å². The summed E-state index contributed by atoms with van der Waals surface area (Å²) < 4.78 is 5.20. The maximum absolute atomic E-state index is 11.6. The minimum Gasteiger partial charge on any atom is -0.444 e. The highest BCUT2D eigenvalue weighted by Crippen LogP contribution is 2.08. The van der Waals surface area contributed by atoms with Gasteiger partial charge in [-0.2, -0.15) is 0 Å². The van der Waals surface area contributed by atoms with E-state index in [4.69, 9.17) is 4.74 Å². The first-order chi connectivity index (χ1) is 10.9. The Hall–Kier alpha value is -2.34. The molecule has 0 atom stereocenters. The Morgan fingerprint density at radius 3 is 2.35 bits per heavy atom.